The Hall–Kier alpha value is 0.303. The van der Waals surface area contributed by atoms with Gasteiger partial charge in [-0.3, -0.25) is 0 Å². The van der Waals surface area contributed by atoms with E-state index in [-0.39, 0.29) is 13.2 Å². The first-order chi connectivity index (χ1) is 9.28. The average Bonchev–Trinajstić information content (AvgIpc) is 2.50. The number of hydrogen-bond donors (Lipinski definition) is 0. The Morgan fingerprint density at radius 1 is 1.26 bits per heavy atom. The molecule has 2 rings (SSSR count). The summed E-state index contributed by atoms with van der Waals surface area (Å²) in [6.07, 6.45) is 12.1. The molecule has 2 aliphatic rings. The van der Waals surface area contributed by atoms with Crippen LogP contribution in [0.25, 0.3) is 10.6 Å². The first kappa shape index (κ1) is 19.3. The van der Waals surface area contributed by atoms with Gasteiger partial charge in [0, 0.05) is 0 Å². The summed E-state index contributed by atoms with van der Waals surface area (Å²) >= 11 is 6.25. The Kier molecular flexibility index (Phi) is 14.9. The maximum absolute atomic E-state index is 4.23. The van der Waals surface area contributed by atoms with Crippen molar-refractivity contribution in [2.45, 2.75) is 12.8 Å². The third-order valence-corrected chi connectivity index (χ3v) is 2.69. The zero-order valence-electron chi connectivity index (χ0n) is 11.3. The van der Waals surface area contributed by atoms with Crippen molar-refractivity contribution in [2.75, 3.05) is 19.6 Å². The van der Waals surface area contributed by atoms with Crippen LogP contribution < -0.4 is 0 Å². The van der Waals surface area contributed by atoms with Gasteiger partial charge in [0.15, 0.2) is 0 Å². The van der Waals surface area contributed by atoms with E-state index in [1.807, 2.05) is 18.2 Å². The van der Waals surface area contributed by atoms with Crippen LogP contribution in [0.15, 0.2) is 49.2 Å². The summed E-state index contributed by atoms with van der Waals surface area (Å²) in [7, 11) is 0. The maximum atomic E-state index is 4.23. The molecule has 0 N–H and O–H groups in total. The molecule has 0 amide bonds. The van der Waals surface area contributed by atoms with Gasteiger partial charge in [0.25, 0.3) is 0 Å². The molecular weight excluding hydrogens is 421 g/mol. The minimum atomic E-state index is -0.250. The van der Waals surface area contributed by atoms with Crippen LogP contribution in [0.3, 0.4) is 0 Å². The van der Waals surface area contributed by atoms with Crippen LogP contribution in [-0.4, -0.2) is 19.6 Å². The number of piperidine rings is 1. The van der Waals surface area contributed by atoms with E-state index in [0.29, 0.717) is 0 Å². The summed E-state index contributed by atoms with van der Waals surface area (Å²) in [5.74, 6) is 0.757. The Bertz CT molecular complexity index is 298. The van der Waals surface area contributed by atoms with Crippen LogP contribution in [0.1, 0.15) is 12.8 Å². The molecule has 0 atom stereocenters. The van der Waals surface area contributed by atoms with Crippen molar-refractivity contribution < 1.29 is 13.2 Å². The van der Waals surface area contributed by atoms with E-state index in [2.05, 4.69) is 57.1 Å². The van der Waals surface area contributed by atoms with Crippen LogP contribution in [0.4, 0.5) is 0 Å². The van der Waals surface area contributed by atoms with Gasteiger partial charge in [-0.1, -0.05) is 43.7 Å². The van der Waals surface area contributed by atoms with Crippen molar-refractivity contribution in [3.63, 3.8) is 0 Å². The zero-order valence-corrected chi connectivity index (χ0v) is 17.4. The van der Waals surface area contributed by atoms with Gasteiger partial charge >= 0.3 is 40.5 Å². The molecule has 0 radical (unpaired) electrons. The fourth-order valence-corrected chi connectivity index (χ4v) is 1.58. The molecule has 2 nitrogen and oxygen atoms in total. The van der Waals surface area contributed by atoms with E-state index in [1.165, 1.54) is 18.4 Å². The second-order valence-electron chi connectivity index (χ2n) is 3.93. The fraction of sp³-hybridized carbons (Fsp3) is 0.429. The topological polar surface area (TPSA) is 28.2 Å². The summed E-state index contributed by atoms with van der Waals surface area (Å²) in [5, 5.41) is 8.20. The van der Waals surface area contributed by atoms with Crippen molar-refractivity contribution in [1.29, 1.82) is 0 Å². The van der Waals surface area contributed by atoms with Crippen LogP contribution in [0, 0.1) is 5.92 Å². The molecule has 19 heavy (non-hydrogen) atoms. The third kappa shape index (κ3) is 11.8. The number of nitrogens with zero attached hydrogens (tertiary/aromatic N) is 2. The SMILES string of the molecule is C=CC1=CC[N-]C=C1.C=CC1CC[N-]CC1.[Br][Zn][Br]. The number of rotatable bonds is 2. The molecule has 1 fully saturated rings. The third-order valence-electron chi connectivity index (χ3n) is 2.69. The van der Waals surface area contributed by atoms with Gasteiger partial charge in [0.2, 0.25) is 0 Å². The minimum absolute atomic E-state index is 0.250. The molecule has 1 saturated heterocycles. The van der Waals surface area contributed by atoms with Crippen molar-refractivity contribution >= 4 is 27.2 Å². The van der Waals surface area contributed by atoms with Gasteiger partial charge in [-0.25, -0.2) is 0 Å². The molecule has 2 heterocycles. The molecule has 0 bridgehead atoms. The van der Waals surface area contributed by atoms with E-state index >= 15 is 0 Å². The Balaban J connectivity index is 0.000000284. The number of hydrogen-bond acceptors (Lipinski definition) is 0. The van der Waals surface area contributed by atoms with Crippen LogP contribution in [0.5, 0.6) is 0 Å². The molecule has 0 saturated carbocycles. The molecule has 0 spiro atoms. The van der Waals surface area contributed by atoms with Crippen LogP contribution >= 0.6 is 27.2 Å². The number of allylic oxidation sites excluding steroid dienone is 4. The standard InChI is InChI=1S/C7H12N.C7H8N.2BrH.Zn/c2*1-2-7-3-5-8-6-4-7;;;/h2,7H,1,3-6H2;2-5H,1,6H2;2*1H;/q2*-1;;;+2/p-2. The molecule has 0 aromatic carbocycles. The first-order valence-electron chi connectivity index (χ1n) is 6.32. The normalized spacial score (nSPS) is 17.3. The Morgan fingerprint density at radius 3 is 2.21 bits per heavy atom. The Labute approximate surface area is 138 Å². The van der Waals surface area contributed by atoms with Crippen molar-refractivity contribution in [3.8, 4) is 0 Å². The molecule has 104 valence electrons. The van der Waals surface area contributed by atoms with E-state index < -0.39 is 0 Å². The van der Waals surface area contributed by atoms with Gasteiger partial charge in [-0.2, -0.15) is 6.20 Å². The van der Waals surface area contributed by atoms with E-state index in [0.717, 1.165) is 25.6 Å². The fourth-order valence-electron chi connectivity index (χ4n) is 1.58. The van der Waals surface area contributed by atoms with Crippen LogP contribution in [0.2, 0.25) is 0 Å². The number of halogens is 2. The van der Waals surface area contributed by atoms with Crippen molar-refractivity contribution in [3.05, 3.63) is 59.9 Å². The molecule has 0 unspecified atom stereocenters. The zero-order chi connectivity index (χ0) is 14.3. The summed E-state index contributed by atoms with van der Waals surface area (Å²) in [6.45, 7) is 10.3. The molecule has 0 aliphatic carbocycles. The summed E-state index contributed by atoms with van der Waals surface area (Å²) in [5.41, 5.74) is 1.17. The van der Waals surface area contributed by atoms with Gasteiger partial charge < -0.3 is 10.6 Å². The molecule has 2 aliphatic heterocycles. The predicted octanol–water partition coefficient (Wildman–Crippen LogP) is 5.64. The van der Waals surface area contributed by atoms with Gasteiger partial charge in [0.05, 0.1) is 0 Å². The van der Waals surface area contributed by atoms with E-state index in [9.17, 15) is 0 Å². The van der Waals surface area contributed by atoms with Crippen molar-refractivity contribution in [1.82, 2.24) is 0 Å². The Morgan fingerprint density at radius 2 is 1.89 bits per heavy atom. The summed E-state index contributed by atoms with van der Waals surface area (Å²) < 4.78 is 0. The van der Waals surface area contributed by atoms with Gasteiger partial charge in [-0.05, 0) is 11.5 Å². The molecular formula is C14H20Br2N2Zn-2. The quantitative estimate of drug-likeness (QED) is 0.392. The van der Waals surface area contributed by atoms with Crippen LogP contribution in [-0.2, 0) is 13.2 Å². The van der Waals surface area contributed by atoms with Gasteiger partial charge in [-0.15, -0.1) is 26.2 Å². The van der Waals surface area contributed by atoms with Crippen molar-refractivity contribution in [2.24, 2.45) is 5.92 Å². The molecule has 0 aromatic heterocycles. The second-order valence-corrected chi connectivity index (χ2v) is 18.0. The van der Waals surface area contributed by atoms with E-state index in [4.69, 9.17) is 0 Å². The van der Waals surface area contributed by atoms with E-state index in [1.54, 1.807) is 6.20 Å². The predicted molar refractivity (Wildman–Crippen MR) is 89.5 cm³/mol. The molecule has 5 heteroatoms. The first-order valence-corrected chi connectivity index (χ1v) is 20.2. The summed E-state index contributed by atoms with van der Waals surface area (Å²) in [4.78, 5) is 0. The van der Waals surface area contributed by atoms with Gasteiger partial charge in [0.1, 0.15) is 0 Å². The summed E-state index contributed by atoms with van der Waals surface area (Å²) in [6, 6.07) is 0. The average molecular weight is 442 g/mol. The monoisotopic (exact) mass is 438 g/mol. The molecule has 0 aromatic rings. The second kappa shape index (κ2) is 14.7.